The first kappa shape index (κ1) is 13.7. The largest absolute Gasteiger partial charge is 0.478 e. The van der Waals surface area contributed by atoms with Gasteiger partial charge in [-0.2, -0.15) is 5.26 Å². The van der Waals surface area contributed by atoms with E-state index in [-0.39, 0.29) is 0 Å². The van der Waals surface area contributed by atoms with Crippen molar-refractivity contribution in [1.82, 2.24) is 4.57 Å². The Bertz CT molecular complexity index is 479. The molecule has 1 aliphatic carbocycles. The Morgan fingerprint density at radius 2 is 2.16 bits per heavy atom. The average Bonchev–Trinajstić information content (AvgIpc) is 2.84. The lowest BCUT2D eigenvalue weighted by atomic mass is 9.85. The number of hydrogen-bond acceptors (Lipinski definition) is 2. The lowest BCUT2D eigenvalue weighted by molar-refractivity contribution is 0.0694. The van der Waals surface area contributed by atoms with Crippen LogP contribution in [0.1, 0.15) is 66.9 Å². The third kappa shape index (κ3) is 3.17. The molecule has 0 atom stereocenters. The highest BCUT2D eigenvalue weighted by atomic mass is 16.4. The minimum atomic E-state index is -0.834. The van der Waals surface area contributed by atoms with Crippen LogP contribution in [0.2, 0.25) is 0 Å². The summed E-state index contributed by atoms with van der Waals surface area (Å²) >= 11 is 0. The molecule has 0 aromatic carbocycles. The molecule has 1 saturated carbocycles. The highest BCUT2D eigenvalue weighted by Gasteiger charge is 2.24. The Balaban J connectivity index is 2.22. The molecule has 1 aromatic heterocycles. The molecule has 1 aromatic rings. The molecule has 0 amide bonds. The van der Waals surface area contributed by atoms with Gasteiger partial charge in [0.05, 0.1) is 11.6 Å². The summed E-state index contributed by atoms with van der Waals surface area (Å²) in [7, 11) is 0. The standard InChI is InChI=1S/C15H20N2O2/c16-9-4-5-10-17-11-8-13(15(18)19)14(17)12-6-2-1-3-7-12/h8,11-12H,1-7,10H2,(H,18,19). The Morgan fingerprint density at radius 1 is 1.42 bits per heavy atom. The topological polar surface area (TPSA) is 66.0 Å². The lowest BCUT2D eigenvalue weighted by Gasteiger charge is -2.24. The number of aromatic nitrogens is 1. The molecule has 4 nitrogen and oxygen atoms in total. The zero-order valence-electron chi connectivity index (χ0n) is 11.1. The Kier molecular flexibility index (Phi) is 4.62. The molecule has 1 fully saturated rings. The molecule has 0 unspecified atom stereocenters. The van der Waals surface area contributed by atoms with Crippen LogP contribution in [0.15, 0.2) is 12.3 Å². The molecule has 1 heterocycles. The molecule has 1 N–H and O–H groups in total. The van der Waals surface area contributed by atoms with Crippen molar-refractivity contribution in [3.63, 3.8) is 0 Å². The molecule has 0 spiro atoms. The van der Waals surface area contributed by atoms with E-state index in [1.165, 1.54) is 19.3 Å². The Labute approximate surface area is 113 Å². The number of nitriles is 1. The van der Waals surface area contributed by atoms with Crippen molar-refractivity contribution in [1.29, 1.82) is 5.26 Å². The molecular weight excluding hydrogens is 240 g/mol. The third-order valence-electron chi connectivity index (χ3n) is 3.92. The Morgan fingerprint density at radius 3 is 2.79 bits per heavy atom. The van der Waals surface area contributed by atoms with Gasteiger partial charge in [-0.05, 0) is 25.3 Å². The maximum absolute atomic E-state index is 11.3. The van der Waals surface area contributed by atoms with Gasteiger partial charge in [0.25, 0.3) is 0 Å². The first-order valence-corrected chi connectivity index (χ1v) is 7.03. The molecule has 1 aliphatic rings. The predicted octanol–water partition coefficient (Wildman–Crippen LogP) is 3.54. The number of rotatable bonds is 5. The predicted molar refractivity (Wildman–Crippen MR) is 72.1 cm³/mol. The minimum absolute atomic E-state index is 0.372. The molecule has 102 valence electrons. The van der Waals surface area contributed by atoms with Gasteiger partial charge >= 0.3 is 5.97 Å². The maximum atomic E-state index is 11.3. The molecule has 4 heteroatoms. The Hall–Kier alpha value is -1.76. The monoisotopic (exact) mass is 260 g/mol. The zero-order chi connectivity index (χ0) is 13.7. The quantitative estimate of drug-likeness (QED) is 0.823. The van der Waals surface area contributed by atoms with Crippen molar-refractivity contribution in [3.05, 3.63) is 23.5 Å². The van der Waals surface area contributed by atoms with Crippen molar-refractivity contribution in [2.45, 2.75) is 57.4 Å². The number of unbranched alkanes of at least 4 members (excludes halogenated alkanes) is 1. The number of carboxylic acids is 1. The highest BCUT2D eigenvalue weighted by Crippen LogP contribution is 2.35. The summed E-state index contributed by atoms with van der Waals surface area (Å²) < 4.78 is 2.05. The summed E-state index contributed by atoms with van der Waals surface area (Å²) in [6.07, 6.45) is 8.97. The van der Waals surface area contributed by atoms with Crippen molar-refractivity contribution in [3.8, 4) is 6.07 Å². The molecule has 0 saturated heterocycles. The van der Waals surface area contributed by atoms with Crippen LogP contribution in [0.5, 0.6) is 0 Å². The van der Waals surface area contributed by atoms with Gasteiger partial charge in [-0.15, -0.1) is 0 Å². The van der Waals surface area contributed by atoms with Crippen molar-refractivity contribution in [2.24, 2.45) is 0 Å². The second-order valence-corrected chi connectivity index (χ2v) is 5.21. The summed E-state index contributed by atoms with van der Waals surface area (Å²) in [5, 5.41) is 17.9. The van der Waals surface area contributed by atoms with E-state index in [0.29, 0.717) is 17.9 Å². The van der Waals surface area contributed by atoms with Gasteiger partial charge in [0.15, 0.2) is 0 Å². The van der Waals surface area contributed by atoms with Crippen molar-refractivity contribution < 1.29 is 9.90 Å². The molecular formula is C15H20N2O2. The SMILES string of the molecule is N#CCCCn1ccc(C(=O)O)c1C1CCCCC1. The van der Waals surface area contributed by atoms with Crippen LogP contribution in [-0.4, -0.2) is 15.6 Å². The second kappa shape index (κ2) is 6.42. The average molecular weight is 260 g/mol. The summed E-state index contributed by atoms with van der Waals surface area (Å²) in [5.41, 5.74) is 1.42. The number of carboxylic acid groups (broad SMARTS) is 1. The van der Waals surface area contributed by atoms with E-state index in [0.717, 1.165) is 31.5 Å². The first-order valence-electron chi connectivity index (χ1n) is 7.03. The minimum Gasteiger partial charge on any atom is -0.478 e. The van der Waals surface area contributed by atoms with E-state index in [4.69, 9.17) is 5.26 Å². The lowest BCUT2D eigenvalue weighted by Crippen LogP contribution is -2.14. The van der Waals surface area contributed by atoms with Crippen LogP contribution < -0.4 is 0 Å². The second-order valence-electron chi connectivity index (χ2n) is 5.21. The summed E-state index contributed by atoms with van der Waals surface area (Å²) in [6, 6.07) is 3.84. The van der Waals surface area contributed by atoms with Gasteiger partial charge < -0.3 is 9.67 Å². The van der Waals surface area contributed by atoms with Crippen LogP contribution in [0.4, 0.5) is 0 Å². The van der Waals surface area contributed by atoms with Crippen LogP contribution in [-0.2, 0) is 6.54 Å². The fourth-order valence-electron chi connectivity index (χ4n) is 3.02. The van der Waals surface area contributed by atoms with Gasteiger partial charge in [0.2, 0.25) is 0 Å². The van der Waals surface area contributed by atoms with Gasteiger partial charge in [-0.1, -0.05) is 19.3 Å². The summed E-state index contributed by atoms with van der Waals surface area (Å²) in [4.78, 5) is 11.3. The van der Waals surface area contributed by atoms with Crippen LogP contribution in [0.25, 0.3) is 0 Å². The van der Waals surface area contributed by atoms with E-state index in [1.54, 1.807) is 6.07 Å². The first-order chi connectivity index (χ1) is 9.24. The van der Waals surface area contributed by atoms with E-state index in [9.17, 15) is 9.90 Å². The van der Waals surface area contributed by atoms with Crippen molar-refractivity contribution >= 4 is 5.97 Å². The highest BCUT2D eigenvalue weighted by molar-refractivity contribution is 5.89. The number of aryl methyl sites for hydroxylation is 1. The third-order valence-corrected chi connectivity index (χ3v) is 3.92. The van der Waals surface area contributed by atoms with Gasteiger partial charge in [0.1, 0.15) is 0 Å². The summed E-state index contributed by atoms with van der Waals surface area (Å²) in [5.74, 6) is -0.462. The fraction of sp³-hybridized carbons (Fsp3) is 0.600. The fourth-order valence-corrected chi connectivity index (χ4v) is 3.02. The van der Waals surface area contributed by atoms with Gasteiger partial charge in [0, 0.05) is 30.8 Å². The van der Waals surface area contributed by atoms with E-state index < -0.39 is 5.97 Å². The maximum Gasteiger partial charge on any atom is 0.337 e. The normalized spacial score (nSPS) is 16.2. The number of aromatic carboxylic acids is 1. The molecule has 0 radical (unpaired) electrons. The van der Waals surface area contributed by atoms with Crippen LogP contribution >= 0.6 is 0 Å². The summed E-state index contributed by atoms with van der Waals surface area (Å²) in [6.45, 7) is 0.743. The van der Waals surface area contributed by atoms with Gasteiger partial charge in [-0.3, -0.25) is 0 Å². The van der Waals surface area contributed by atoms with Crippen molar-refractivity contribution in [2.75, 3.05) is 0 Å². The number of carbonyl (C=O) groups is 1. The molecule has 2 rings (SSSR count). The van der Waals surface area contributed by atoms with Crippen LogP contribution in [0, 0.1) is 11.3 Å². The van der Waals surface area contributed by atoms with E-state index >= 15 is 0 Å². The number of nitrogens with zero attached hydrogens (tertiary/aromatic N) is 2. The zero-order valence-corrected chi connectivity index (χ0v) is 11.1. The number of hydrogen-bond donors (Lipinski definition) is 1. The molecule has 19 heavy (non-hydrogen) atoms. The molecule has 0 bridgehead atoms. The smallest absolute Gasteiger partial charge is 0.337 e. The van der Waals surface area contributed by atoms with E-state index in [2.05, 4.69) is 10.6 Å². The van der Waals surface area contributed by atoms with E-state index in [1.807, 2.05) is 6.20 Å². The van der Waals surface area contributed by atoms with Gasteiger partial charge in [-0.25, -0.2) is 4.79 Å². The molecule has 0 aliphatic heterocycles. The van der Waals surface area contributed by atoms with Crippen LogP contribution in [0.3, 0.4) is 0 Å².